The smallest absolute Gasteiger partial charge is 0.261 e. The lowest BCUT2D eigenvalue weighted by atomic mass is 10.1. The molecule has 6 heteroatoms. The van der Waals surface area contributed by atoms with Crippen LogP contribution in [0.5, 0.6) is 5.75 Å². The molecule has 0 aliphatic carbocycles. The molecule has 174 valence electrons. The number of ether oxygens (including phenoxy) is 1. The van der Waals surface area contributed by atoms with Crippen molar-refractivity contribution in [2.45, 2.75) is 52.2 Å². The van der Waals surface area contributed by atoms with E-state index >= 15 is 0 Å². The molecule has 1 N–H and O–H groups in total. The number of benzene rings is 3. The largest absolute Gasteiger partial charge is 0.483 e. The summed E-state index contributed by atoms with van der Waals surface area (Å²) in [5.74, 6) is 0.200. The molecule has 0 fully saturated rings. The van der Waals surface area contributed by atoms with Crippen LogP contribution in [0, 0.1) is 0 Å². The first-order chi connectivity index (χ1) is 15.7. The van der Waals surface area contributed by atoms with Gasteiger partial charge in [0.25, 0.3) is 5.91 Å². The summed E-state index contributed by atoms with van der Waals surface area (Å²) in [4.78, 5) is 28.0. The van der Waals surface area contributed by atoms with Crippen molar-refractivity contribution < 1.29 is 14.3 Å². The summed E-state index contributed by atoms with van der Waals surface area (Å²) in [6, 6.07) is 20.3. The van der Waals surface area contributed by atoms with Gasteiger partial charge in [0.15, 0.2) is 6.61 Å². The molecule has 3 aromatic carbocycles. The lowest BCUT2D eigenvalue weighted by molar-refractivity contribution is -0.143. The molecule has 0 unspecified atom stereocenters. The van der Waals surface area contributed by atoms with E-state index in [2.05, 4.69) is 5.32 Å². The highest BCUT2D eigenvalue weighted by molar-refractivity contribution is 6.30. The van der Waals surface area contributed by atoms with E-state index in [0.29, 0.717) is 17.2 Å². The summed E-state index contributed by atoms with van der Waals surface area (Å²) in [6.07, 6.45) is 0.482. The van der Waals surface area contributed by atoms with Crippen LogP contribution in [-0.2, 0) is 16.1 Å². The van der Waals surface area contributed by atoms with Gasteiger partial charge in [0.1, 0.15) is 11.8 Å². The van der Waals surface area contributed by atoms with E-state index in [1.54, 1.807) is 17.0 Å². The topological polar surface area (TPSA) is 58.6 Å². The van der Waals surface area contributed by atoms with Crippen LogP contribution in [0.25, 0.3) is 10.8 Å². The predicted octanol–water partition coefficient (Wildman–Crippen LogP) is 5.59. The van der Waals surface area contributed by atoms with Crippen molar-refractivity contribution >= 4 is 34.2 Å². The molecule has 0 saturated carbocycles. The lowest BCUT2D eigenvalue weighted by Crippen LogP contribution is -2.54. The van der Waals surface area contributed by atoms with Crippen LogP contribution in [-0.4, -0.2) is 34.9 Å². The molecule has 0 aromatic heterocycles. The maximum Gasteiger partial charge on any atom is 0.261 e. The minimum absolute atomic E-state index is 0.166. The Morgan fingerprint density at radius 2 is 1.67 bits per heavy atom. The molecule has 1 atom stereocenters. The monoisotopic (exact) mass is 466 g/mol. The Morgan fingerprint density at radius 3 is 2.33 bits per heavy atom. The number of fused-ring (bicyclic) bond motifs is 1. The average Bonchev–Trinajstić information content (AvgIpc) is 2.77. The average molecular weight is 467 g/mol. The number of nitrogens with one attached hydrogen (secondary N) is 1. The Kier molecular flexibility index (Phi) is 7.98. The molecule has 3 aromatic rings. The second-order valence-corrected chi connectivity index (χ2v) is 9.51. The Bertz CT molecular complexity index is 1100. The normalized spacial score (nSPS) is 12.3. The molecular formula is C27H31ClN2O3. The van der Waals surface area contributed by atoms with Gasteiger partial charge in [-0.3, -0.25) is 9.59 Å². The van der Waals surface area contributed by atoms with E-state index in [-0.39, 0.29) is 25.0 Å². The van der Waals surface area contributed by atoms with Crippen molar-refractivity contribution in [3.8, 4) is 5.75 Å². The number of nitrogens with zero attached hydrogens (tertiary/aromatic N) is 1. The van der Waals surface area contributed by atoms with E-state index in [9.17, 15) is 9.59 Å². The van der Waals surface area contributed by atoms with Gasteiger partial charge in [0.2, 0.25) is 5.91 Å². The number of amides is 2. The lowest BCUT2D eigenvalue weighted by Gasteiger charge is -2.33. The van der Waals surface area contributed by atoms with Gasteiger partial charge in [0.05, 0.1) is 0 Å². The van der Waals surface area contributed by atoms with Crippen LogP contribution < -0.4 is 10.1 Å². The molecule has 3 rings (SSSR count). The summed E-state index contributed by atoms with van der Waals surface area (Å²) in [5, 5.41) is 5.60. The molecule has 0 aliphatic heterocycles. The van der Waals surface area contributed by atoms with Crippen LogP contribution in [0.1, 0.15) is 39.7 Å². The van der Waals surface area contributed by atoms with Crippen molar-refractivity contribution in [3.05, 3.63) is 77.3 Å². The van der Waals surface area contributed by atoms with Gasteiger partial charge in [-0.15, -0.1) is 0 Å². The van der Waals surface area contributed by atoms with Gasteiger partial charge in [-0.05, 0) is 56.3 Å². The van der Waals surface area contributed by atoms with Gasteiger partial charge in [0, 0.05) is 22.5 Å². The highest BCUT2D eigenvalue weighted by Crippen LogP contribution is 2.25. The van der Waals surface area contributed by atoms with E-state index < -0.39 is 11.6 Å². The Balaban J connectivity index is 1.84. The molecule has 0 heterocycles. The van der Waals surface area contributed by atoms with E-state index in [1.807, 2.05) is 82.3 Å². The zero-order valence-electron chi connectivity index (χ0n) is 19.6. The van der Waals surface area contributed by atoms with Gasteiger partial charge in [-0.2, -0.15) is 0 Å². The third-order valence-electron chi connectivity index (χ3n) is 5.25. The minimum Gasteiger partial charge on any atom is -0.483 e. The minimum atomic E-state index is -0.622. The summed E-state index contributed by atoms with van der Waals surface area (Å²) in [7, 11) is 0. The predicted molar refractivity (Wildman–Crippen MR) is 133 cm³/mol. The molecule has 5 nitrogen and oxygen atoms in total. The zero-order valence-corrected chi connectivity index (χ0v) is 20.4. The van der Waals surface area contributed by atoms with Gasteiger partial charge >= 0.3 is 0 Å². The van der Waals surface area contributed by atoms with Crippen LogP contribution in [0.3, 0.4) is 0 Å². The van der Waals surface area contributed by atoms with Gasteiger partial charge in [-0.1, -0.05) is 67.1 Å². The number of halogens is 1. The van der Waals surface area contributed by atoms with Gasteiger partial charge in [-0.25, -0.2) is 0 Å². The molecule has 33 heavy (non-hydrogen) atoms. The number of hydrogen-bond donors (Lipinski definition) is 1. The maximum atomic E-state index is 13.4. The molecule has 0 spiro atoms. The molecule has 2 amide bonds. The first-order valence-corrected chi connectivity index (χ1v) is 11.5. The number of carbonyl (C=O) groups is 2. The Hall–Kier alpha value is -3.05. The SMILES string of the molecule is CC[C@H](C(=O)NC(C)(C)C)N(Cc1ccc(Cl)cc1)C(=O)COc1cccc2ccccc12. The van der Waals surface area contributed by atoms with Crippen molar-refractivity contribution in [2.75, 3.05) is 6.61 Å². The fourth-order valence-electron chi connectivity index (χ4n) is 3.70. The Labute approximate surface area is 200 Å². The summed E-state index contributed by atoms with van der Waals surface area (Å²) < 4.78 is 5.95. The van der Waals surface area contributed by atoms with Crippen molar-refractivity contribution in [3.63, 3.8) is 0 Å². The summed E-state index contributed by atoms with van der Waals surface area (Å²) >= 11 is 6.02. The van der Waals surface area contributed by atoms with Crippen molar-refractivity contribution in [2.24, 2.45) is 0 Å². The highest BCUT2D eigenvalue weighted by Gasteiger charge is 2.31. The number of rotatable bonds is 8. The first-order valence-electron chi connectivity index (χ1n) is 11.1. The standard InChI is InChI=1S/C27H31ClN2O3/c1-5-23(26(32)29-27(2,3)4)30(17-19-13-15-21(28)16-14-19)25(31)18-33-24-12-8-10-20-9-6-7-11-22(20)24/h6-16,23H,5,17-18H2,1-4H3,(H,29,32)/t23-/m1/s1. The van der Waals surface area contributed by atoms with Crippen LogP contribution in [0.15, 0.2) is 66.7 Å². The molecular weight excluding hydrogens is 436 g/mol. The molecule has 0 bridgehead atoms. The fourth-order valence-corrected chi connectivity index (χ4v) is 3.83. The van der Waals surface area contributed by atoms with Crippen molar-refractivity contribution in [1.29, 1.82) is 0 Å². The molecule has 0 saturated heterocycles. The third-order valence-corrected chi connectivity index (χ3v) is 5.50. The Morgan fingerprint density at radius 1 is 1.00 bits per heavy atom. The number of carbonyl (C=O) groups excluding carboxylic acids is 2. The quantitative estimate of drug-likeness (QED) is 0.470. The number of hydrogen-bond acceptors (Lipinski definition) is 3. The third kappa shape index (κ3) is 6.72. The van der Waals surface area contributed by atoms with Crippen LogP contribution >= 0.6 is 11.6 Å². The first kappa shape index (κ1) is 24.6. The van der Waals surface area contributed by atoms with Crippen molar-refractivity contribution in [1.82, 2.24) is 10.2 Å². The van der Waals surface area contributed by atoms with E-state index in [4.69, 9.17) is 16.3 Å². The molecule has 0 aliphatic rings. The maximum absolute atomic E-state index is 13.4. The highest BCUT2D eigenvalue weighted by atomic mass is 35.5. The fraction of sp³-hybridized carbons (Fsp3) is 0.333. The second kappa shape index (κ2) is 10.7. The van der Waals surface area contributed by atoms with Gasteiger partial charge < -0.3 is 15.0 Å². The summed E-state index contributed by atoms with van der Waals surface area (Å²) in [5.41, 5.74) is 0.485. The van der Waals surface area contributed by atoms with E-state index in [0.717, 1.165) is 16.3 Å². The van der Waals surface area contributed by atoms with Crippen LogP contribution in [0.4, 0.5) is 0 Å². The molecule has 0 radical (unpaired) electrons. The summed E-state index contributed by atoms with van der Waals surface area (Å²) in [6.45, 7) is 7.79. The zero-order chi connectivity index (χ0) is 24.0. The van der Waals surface area contributed by atoms with E-state index in [1.165, 1.54) is 0 Å². The second-order valence-electron chi connectivity index (χ2n) is 9.08. The van der Waals surface area contributed by atoms with Crippen LogP contribution in [0.2, 0.25) is 5.02 Å².